The highest BCUT2D eigenvalue weighted by Gasteiger charge is 2.09. The van der Waals surface area contributed by atoms with Crippen LogP contribution in [-0.4, -0.2) is 13.0 Å². The summed E-state index contributed by atoms with van der Waals surface area (Å²) in [6, 6.07) is 10.2. The van der Waals surface area contributed by atoms with E-state index in [4.69, 9.17) is 10.5 Å². The number of hydrogen-bond donors (Lipinski definition) is 2. The molecule has 0 aliphatic heterocycles. The number of halogens is 1. The molecule has 0 heterocycles. The van der Waals surface area contributed by atoms with Crippen LogP contribution in [0.25, 0.3) is 0 Å². The number of anilines is 2. The van der Waals surface area contributed by atoms with Crippen molar-refractivity contribution in [3.05, 3.63) is 53.8 Å². The smallest absolute Gasteiger partial charge is 0.255 e. The van der Waals surface area contributed by atoms with Crippen molar-refractivity contribution in [2.45, 2.75) is 0 Å². The van der Waals surface area contributed by atoms with Crippen LogP contribution in [0.2, 0.25) is 0 Å². The standard InChI is InChI=1S/C14H13FN2O2/c1-19-11-6-7-12(16)13(8-11)17-14(18)9-2-4-10(15)5-3-9/h2-8H,16H2,1H3,(H,17,18). The number of nitrogen functional groups attached to an aromatic ring is 1. The van der Waals surface area contributed by atoms with Crippen molar-refractivity contribution in [1.82, 2.24) is 0 Å². The largest absolute Gasteiger partial charge is 0.497 e. The first-order valence-corrected chi connectivity index (χ1v) is 5.60. The zero-order chi connectivity index (χ0) is 13.8. The molecule has 1 amide bonds. The van der Waals surface area contributed by atoms with Gasteiger partial charge in [0.15, 0.2) is 0 Å². The molecule has 0 atom stereocenters. The predicted octanol–water partition coefficient (Wildman–Crippen LogP) is 2.67. The third-order valence-electron chi connectivity index (χ3n) is 2.62. The molecule has 19 heavy (non-hydrogen) atoms. The Bertz CT molecular complexity index is 597. The predicted molar refractivity (Wildman–Crippen MR) is 71.8 cm³/mol. The van der Waals surface area contributed by atoms with Gasteiger partial charge in [0.2, 0.25) is 0 Å². The number of methoxy groups -OCH3 is 1. The van der Waals surface area contributed by atoms with E-state index in [-0.39, 0.29) is 5.91 Å². The molecular formula is C14H13FN2O2. The molecule has 2 aromatic carbocycles. The average Bonchev–Trinajstić information content (AvgIpc) is 2.42. The summed E-state index contributed by atoms with van der Waals surface area (Å²) in [7, 11) is 1.52. The van der Waals surface area contributed by atoms with Gasteiger partial charge in [0, 0.05) is 11.6 Å². The highest BCUT2D eigenvalue weighted by atomic mass is 19.1. The molecule has 0 aliphatic rings. The van der Waals surface area contributed by atoms with Gasteiger partial charge in [0.05, 0.1) is 18.5 Å². The summed E-state index contributed by atoms with van der Waals surface area (Å²) in [4.78, 5) is 11.9. The maximum Gasteiger partial charge on any atom is 0.255 e. The minimum absolute atomic E-state index is 0.351. The van der Waals surface area contributed by atoms with Gasteiger partial charge in [-0.05, 0) is 36.4 Å². The van der Waals surface area contributed by atoms with Crippen LogP contribution in [0.3, 0.4) is 0 Å². The Labute approximate surface area is 110 Å². The van der Waals surface area contributed by atoms with Crippen molar-refractivity contribution in [3.63, 3.8) is 0 Å². The fourth-order valence-corrected chi connectivity index (χ4v) is 1.57. The number of ether oxygens (including phenoxy) is 1. The maximum atomic E-state index is 12.8. The Morgan fingerprint density at radius 2 is 1.89 bits per heavy atom. The molecule has 98 valence electrons. The van der Waals surface area contributed by atoms with Gasteiger partial charge in [-0.25, -0.2) is 4.39 Å². The maximum absolute atomic E-state index is 12.8. The first-order chi connectivity index (χ1) is 9.10. The van der Waals surface area contributed by atoms with Gasteiger partial charge >= 0.3 is 0 Å². The molecule has 0 aromatic heterocycles. The van der Waals surface area contributed by atoms with Crippen molar-refractivity contribution >= 4 is 17.3 Å². The van der Waals surface area contributed by atoms with Gasteiger partial charge in [-0.3, -0.25) is 4.79 Å². The summed E-state index contributed by atoms with van der Waals surface area (Å²) < 4.78 is 17.8. The SMILES string of the molecule is COc1ccc(N)c(NC(=O)c2ccc(F)cc2)c1. The van der Waals surface area contributed by atoms with Crippen molar-refractivity contribution in [3.8, 4) is 5.75 Å². The Morgan fingerprint density at radius 3 is 2.53 bits per heavy atom. The van der Waals surface area contributed by atoms with Crippen LogP contribution >= 0.6 is 0 Å². The zero-order valence-corrected chi connectivity index (χ0v) is 10.3. The summed E-state index contributed by atoms with van der Waals surface area (Å²) in [5.41, 5.74) is 6.99. The Hall–Kier alpha value is -2.56. The molecule has 2 aromatic rings. The molecule has 0 spiro atoms. The number of nitrogens with two attached hydrogens (primary N) is 1. The fourth-order valence-electron chi connectivity index (χ4n) is 1.57. The lowest BCUT2D eigenvalue weighted by Gasteiger charge is -2.10. The monoisotopic (exact) mass is 260 g/mol. The molecule has 0 fully saturated rings. The number of carbonyl (C=O) groups excluding carboxylic acids is 1. The molecule has 3 N–H and O–H groups in total. The number of carbonyl (C=O) groups is 1. The minimum Gasteiger partial charge on any atom is -0.497 e. The average molecular weight is 260 g/mol. The van der Waals surface area contributed by atoms with E-state index < -0.39 is 5.82 Å². The normalized spacial score (nSPS) is 10.0. The second-order valence-electron chi connectivity index (χ2n) is 3.91. The number of benzene rings is 2. The molecular weight excluding hydrogens is 247 g/mol. The van der Waals surface area contributed by atoms with Gasteiger partial charge in [0.1, 0.15) is 11.6 Å². The van der Waals surface area contributed by atoms with Crippen LogP contribution in [0.1, 0.15) is 10.4 Å². The first kappa shape index (κ1) is 12.9. The van der Waals surface area contributed by atoms with E-state index >= 15 is 0 Å². The van der Waals surface area contributed by atoms with E-state index in [1.54, 1.807) is 18.2 Å². The molecule has 2 rings (SSSR count). The number of hydrogen-bond acceptors (Lipinski definition) is 3. The van der Waals surface area contributed by atoms with E-state index in [1.165, 1.54) is 31.4 Å². The van der Waals surface area contributed by atoms with Crippen LogP contribution in [0.4, 0.5) is 15.8 Å². The molecule has 0 radical (unpaired) electrons. The molecule has 0 saturated heterocycles. The molecule has 0 unspecified atom stereocenters. The van der Waals surface area contributed by atoms with Crippen molar-refractivity contribution in [2.75, 3.05) is 18.2 Å². The van der Waals surface area contributed by atoms with Crippen LogP contribution in [0.15, 0.2) is 42.5 Å². The second-order valence-corrected chi connectivity index (χ2v) is 3.91. The summed E-state index contributed by atoms with van der Waals surface area (Å²) in [6.45, 7) is 0. The molecule has 0 saturated carbocycles. The Balaban J connectivity index is 2.21. The number of rotatable bonds is 3. The second kappa shape index (κ2) is 5.39. The van der Waals surface area contributed by atoms with Crippen molar-refractivity contribution in [2.24, 2.45) is 0 Å². The lowest BCUT2D eigenvalue weighted by molar-refractivity contribution is 0.102. The lowest BCUT2D eigenvalue weighted by Crippen LogP contribution is -2.13. The van der Waals surface area contributed by atoms with Gasteiger partial charge in [-0.2, -0.15) is 0 Å². The summed E-state index contributed by atoms with van der Waals surface area (Å²) in [5, 5.41) is 2.65. The fraction of sp³-hybridized carbons (Fsp3) is 0.0714. The van der Waals surface area contributed by atoms with Crippen molar-refractivity contribution in [1.29, 1.82) is 0 Å². The topological polar surface area (TPSA) is 64.3 Å². The van der Waals surface area contributed by atoms with E-state index in [2.05, 4.69) is 5.32 Å². The Kier molecular flexibility index (Phi) is 3.66. The molecule has 0 bridgehead atoms. The van der Waals surface area contributed by atoms with E-state index in [1.807, 2.05) is 0 Å². The van der Waals surface area contributed by atoms with Gasteiger partial charge in [-0.15, -0.1) is 0 Å². The zero-order valence-electron chi connectivity index (χ0n) is 10.3. The lowest BCUT2D eigenvalue weighted by atomic mass is 10.2. The first-order valence-electron chi connectivity index (χ1n) is 5.60. The summed E-state index contributed by atoms with van der Waals surface area (Å²) in [5.74, 6) is -0.166. The van der Waals surface area contributed by atoms with Crippen LogP contribution in [0.5, 0.6) is 5.75 Å². The number of amides is 1. The quantitative estimate of drug-likeness (QED) is 0.834. The Morgan fingerprint density at radius 1 is 1.21 bits per heavy atom. The van der Waals surface area contributed by atoms with E-state index in [0.717, 1.165) is 0 Å². The van der Waals surface area contributed by atoms with E-state index in [0.29, 0.717) is 22.7 Å². The van der Waals surface area contributed by atoms with Crippen LogP contribution in [-0.2, 0) is 0 Å². The molecule has 5 heteroatoms. The summed E-state index contributed by atoms with van der Waals surface area (Å²) in [6.07, 6.45) is 0. The van der Waals surface area contributed by atoms with Crippen LogP contribution in [0, 0.1) is 5.82 Å². The van der Waals surface area contributed by atoms with Crippen LogP contribution < -0.4 is 15.8 Å². The highest BCUT2D eigenvalue weighted by Crippen LogP contribution is 2.24. The van der Waals surface area contributed by atoms with Gasteiger partial charge in [-0.1, -0.05) is 0 Å². The highest BCUT2D eigenvalue weighted by molar-refractivity contribution is 6.05. The molecule has 0 aliphatic carbocycles. The molecule has 4 nitrogen and oxygen atoms in total. The summed E-state index contributed by atoms with van der Waals surface area (Å²) >= 11 is 0. The van der Waals surface area contributed by atoms with Gasteiger partial charge < -0.3 is 15.8 Å². The van der Waals surface area contributed by atoms with Gasteiger partial charge in [0.25, 0.3) is 5.91 Å². The minimum atomic E-state index is -0.391. The number of nitrogens with one attached hydrogen (secondary N) is 1. The third-order valence-corrected chi connectivity index (χ3v) is 2.62. The van der Waals surface area contributed by atoms with Crippen molar-refractivity contribution < 1.29 is 13.9 Å². The third kappa shape index (κ3) is 3.01. The van der Waals surface area contributed by atoms with E-state index in [9.17, 15) is 9.18 Å².